The van der Waals surface area contributed by atoms with E-state index < -0.39 is 6.67 Å². The van der Waals surface area contributed by atoms with Crippen molar-refractivity contribution in [2.75, 3.05) is 31.7 Å². The summed E-state index contributed by atoms with van der Waals surface area (Å²) in [7, 11) is 0. The number of ether oxygens (including phenoxy) is 1. The van der Waals surface area contributed by atoms with Crippen LogP contribution in [0.3, 0.4) is 0 Å². The molecule has 1 aromatic rings. The van der Waals surface area contributed by atoms with E-state index in [0.29, 0.717) is 12.3 Å². The van der Waals surface area contributed by atoms with Gasteiger partial charge in [0.2, 0.25) is 0 Å². The fraction of sp³-hybridized carbons (Fsp3) is 0.400. The third-order valence-corrected chi connectivity index (χ3v) is 1.67. The van der Waals surface area contributed by atoms with Crippen molar-refractivity contribution in [2.24, 2.45) is 5.73 Å². The Morgan fingerprint density at radius 1 is 1.29 bits per heavy atom. The predicted octanol–water partition coefficient (Wildman–Crippen LogP) is 1.41. The average molecular weight is 198 g/mol. The zero-order chi connectivity index (χ0) is 10.2. The molecule has 3 N–H and O–H groups in total. The Morgan fingerprint density at radius 3 is 2.57 bits per heavy atom. The van der Waals surface area contributed by atoms with E-state index in [2.05, 4.69) is 5.32 Å². The van der Waals surface area contributed by atoms with E-state index in [1.807, 2.05) is 12.1 Å². The first kappa shape index (κ1) is 10.8. The van der Waals surface area contributed by atoms with Gasteiger partial charge in [0, 0.05) is 18.8 Å². The molecule has 0 aliphatic heterocycles. The maximum atomic E-state index is 11.8. The summed E-state index contributed by atoms with van der Waals surface area (Å²) in [6.45, 7) is 0.980. The molecule has 0 bridgehead atoms. The van der Waals surface area contributed by atoms with Gasteiger partial charge < -0.3 is 15.8 Å². The highest BCUT2D eigenvalue weighted by atomic mass is 19.1. The van der Waals surface area contributed by atoms with Gasteiger partial charge in [0.1, 0.15) is 19.0 Å². The molecule has 14 heavy (non-hydrogen) atoms. The van der Waals surface area contributed by atoms with E-state index in [1.54, 1.807) is 12.1 Å². The zero-order valence-electron chi connectivity index (χ0n) is 8.00. The fourth-order valence-corrected chi connectivity index (χ4v) is 1.04. The number of nitrogens with two attached hydrogens (primary N) is 1. The van der Waals surface area contributed by atoms with Gasteiger partial charge in [0.15, 0.2) is 0 Å². The quantitative estimate of drug-likeness (QED) is 0.726. The summed E-state index contributed by atoms with van der Waals surface area (Å²) in [4.78, 5) is 0. The SMILES string of the molecule is NCCNc1ccc(OCCF)cc1. The van der Waals surface area contributed by atoms with Gasteiger partial charge in [-0.05, 0) is 24.3 Å². The molecule has 0 aliphatic rings. The number of hydrogen-bond acceptors (Lipinski definition) is 3. The molecule has 0 fully saturated rings. The standard InChI is InChI=1S/C10H15FN2O/c11-5-8-14-10-3-1-9(2-4-10)13-7-6-12/h1-4,13H,5-8,12H2. The molecule has 78 valence electrons. The van der Waals surface area contributed by atoms with Gasteiger partial charge in [-0.15, -0.1) is 0 Å². The van der Waals surface area contributed by atoms with Crippen LogP contribution in [0.25, 0.3) is 0 Å². The van der Waals surface area contributed by atoms with Gasteiger partial charge >= 0.3 is 0 Å². The number of hydrogen-bond donors (Lipinski definition) is 2. The summed E-state index contributed by atoms with van der Waals surface area (Å²) in [5.74, 6) is 0.681. The van der Waals surface area contributed by atoms with E-state index in [-0.39, 0.29) is 6.61 Å². The first-order chi connectivity index (χ1) is 6.86. The molecule has 0 amide bonds. The smallest absolute Gasteiger partial charge is 0.123 e. The highest BCUT2D eigenvalue weighted by Gasteiger charge is 1.94. The predicted molar refractivity (Wildman–Crippen MR) is 55.5 cm³/mol. The van der Waals surface area contributed by atoms with E-state index >= 15 is 0 Å². The molecule has 1 aromatic carbocycles. The van der Waals surface area contributed by atoms with Crippen LogP contribution < -0.4 is 15.8 Å². The van der Waals surface area contributed by atoms with E-state index in [1.165, 1.54) is 0 Å². The second-order valence-electron chi connectivity index (χ2n) is 2.78. The summed E-state index contributed by atoms with van der Waals surface area (Å²) >= 11 is 0. The number of nitrogens with one attached hydrogen (secondary N) is 1. The van der Waals surface area contributed by atoms with Crippen LogP contribution >= 0.6 is 0 Å². The molecule has 0 radical (unpaired) electrons. The van der Waals surface area contributed by atoms with Crippen molar-refractivity contribution in [2.45, 2.75) is 0 Å². The minimum Gasteiger partial charge on any atom is -0.491 e. The van der Waals surface area contributed by atoms with Crippen molar-refractivity contribution in [3.63, 3.8) is 0 Å². The molecular weight excluding hydrogens is 183 g/mol. The molecule has 0 spiro atoms. The normalized spacial score (nSPS) is 9.86. The molecule has 0 saturated carbocycles. The maximum absolute atomic E-state index is 11.8. The van der Waals surface area contributed by atoms with Crippen molar-refractivity contribution in [1.82, 2.24) is 0 Å². The lowest BCUT2D eigenvalue weighted by Crippen LogP contribution is -2.12. The van der Waals surface area contributed by atoms with E-state index in [4.69, 9.17) is 10.5 Å². The molecule has 3 nitrogen and oxygen atoms in total. The van der Waals surface area contributed by atoms with Crippen LogP contribution in [0.1, 0.15) is 0 Å². The molecule has 0 unspecified atom stereocenters. The summed E-state index contributed by atoms with van der Waals surface area (Å²) in [5.41, 5.74) is 6.33. The molecule has 0 aromatic heterocycles. The molecule has 1 rings (SSSR count). The Bertz CT molecular complexity index is 224. The highest BCUT2D eigenvalue weighted by molar-refractivity contribution is 5.46. The number of rotatable bonds is 6. The van der Waals surface area contributed by atoms with Crippen molar-refractivity contribution in [3.8, 4) is 5.75 Å². The Morgan fingerprint density at radius 2 is 2.00 bits per heavy atom. The lowest BCUT2D eigenvalue weighted by molar-refractivity contribution is 0.273. The van der Waals surface area contributed by atoms with Crippen molar-refractivity contribution in [1.29, 1.82) is 0 Å². The van der Waals surface area contributed by atoms with Crippen molar-refractivity contribution >= 4 is 5.69 Å². The van der Waals surface area contributed by atoms with Crippen LogP contribution in [0, 0.1) is 0 Å². The Kier molecular flexibility index (Phi) is 4.78. The minimum atomic E-state index is -0.465. The zero-order valence-corrected chi connectivity index (χ0v) is 8.00. The molecule has 4 heteroatoms. The van der Waals surface area contributed by atoms with Crippen LogP contribution in [-0.2, 0) is 0 Å². The first-order valence-corrected chi connectivity index (χ1v) is 4.59. The van der Waals surface area contributed by atoms with Crippen molar-refractivity contribution in [3.05, 3.63) is 24.3 Å². The van der Waals surface area contributed by atoms with Gasteiger partial charge in [-0.1, -0.05) is 0 Å². The largest absolute Gasteiger partial charge is 0.491 e. The summed E-state index contributed by atoms with van der Waals surface area (Å²) in [5, 5.41) is 3.12. The monoisotopic (exact) mass is 198 g/mol. The highest BCUT2D eigenvalue weighted by Crippen LogP contribution is 2.15. The first-order valence-electron chi connectivity index (χ1n) is 4.59. The van der Waals surface area contributed by atoms with Gasteiger partial charge in [-0.3, -0.25) is 0 Å². The second kappa shape index (κ2) is 6.21. The lowest BCUT2D eigenvalue weighted by atomic mass is 10.3. The maximum Gasteiger partial charge on any atom is 0.123 e. The average Bonchev–Trinajstić information content (AvgIpc) is 2.25. The molecular formula is C10H15FN2O. The molecule has 0 saturated heterocycles. The third-order valence-electron chi connectivity index (χ3n) is 1.67. The Balaban J connectivity index is 2.42. The number of benzene rings is 1. The minimum absolute atomic E-state index is 0.107. The summed E-state index contributed by atoms with van der Waals surface area (Å²) in [6, 6.07) is 7.36. The topological polar surface area (TPSA) is 47.3 Å². The van der Waals surface area contributed by atoms with Crippen LogP contribution in [0.5, 0.6) is 5.75 Å². The molecule has 0 heterocycles. The molecule has 0 atom stereocenters. The second-order valence-corrected chi connectivity index (χ2v) is 2.78. The number of alkyl halides is 1. The summed E-state index contributed by atoms with van der Waals surface area (Å²) in [6.07, 6.45) is 0. The number of halogens is 1. The Hall–Kier alpha value is -1.29. The van der Waals surface area contributed by atoms with Crippen LogP contribution in [-0.4, -0.2) is 26.4 Å². The molecule has 0 aliphatic carbocycles. The summed E-state index contributed by atoms with van der Waals surface area (Å²) < 4.78 is 16.9. The van der Waals surface area contributed by atoms with Crippen LogP contribution in [0.4, 0.5) is 10.1 Å². The fourth-order valence-electron chi connectivity index (χ4n) is 1.04. The van der Waals surface area contributed by atoms with Gasteiger partial charge in [0.05, 0.1) is 0 Å². The van der Waals surface area contributed by atoms with Gasteiger partial charge in [0.25, 0.3) is 0 Å². The third kappa shape index (κ3) is 3.62. The lowest BCUT2D eigenvalue weighted by Gasteiger charge is -2.06. The van der Waals surface area contributed by atoms with Gasteiger partial charge in [-0.2, -0.15) is 0 Å². The van der Waals surface area contributed by atoms with Crippen LogP contribution in [0.15, 0.2) is 24.3 Å². The van der Waals surface area contributed by atoms with Gasteiger partial charge in [-0.25, -0.2) is 4.39 Å². The van der Waals surface area contributed by atoms with E-state index in [0.717, 1.165) is 12.2 Å². The van der Waals surface area contributed by atoms with Crippen LogP contribution in [0.2, 0.25) is 0 Å². The van der Waals surface area contributed by atoms with Crippen molar-refractivity contribution < 1.29 is 9.13 Å². The number of anilines is 1. The van der Waals surface area contributed by atoms with E-state index in [9.17, 15) is 4.39 Å². The Labute approximate surface area is 83.1 Å².